The molecule has 27 heavy (non-hydrogen) atoms. The molecule has 136 valence electrons. The average Bonchev–Trinajstić information content (AvgIpc) is 3.07. The highest BCUT2D eigenvalue weighted by Crippen LogP contribution is 2.25. The number of aromatic amines is 1. The van der Waals surface area contributed by atoms with Crippen LogP contribution in [0.3, 0.4) is 0 Å². The highest BCUT2D eigenvalue weighted by molar-refractivity contribution is 7.98. The minimum atomic E-state index is -0.193. The molecule has 0 radical (unpaired) electrons. The number of halogens is 1. The van der Waals surface area contributed by atoms with Gasteiger partial charge in [0, 0.05) is 5.02 Å². The molecule has 0 spiro atoms. The van der Waals surface area contributed by atoms with Crippen molar-refractivity contribution >= 4 is 34.3 Å². The van der Waals surface area contributed by atoms with Crippen molar-refractivity contribution < 1.29 is 0 Å². The van der Waals surface area contributed by atoms with E-state index in [0.717, 1.165) is 16.8 Å². The molecule has 2 aromatic carbocycles. The summed E-state index contributed by atoms with van der Waals surface area (Å²) in [4.78, 5) is 19.6. The van der Waals surface area contributed by atoms with E-state index >= 15 is 0 Å². The Morgan fingerprint density at radius 1 is 1.19 bits per heavy atom. The molecule has 0 unspecified atom stereocenters. The van der Waals surface area contributed by atoms with Crippen LogP contribution in [0.2, 0.25) is 5.02 Å². The number of aromatic nitrogens is 6. The Hall–Kier alpha value is -2.71. The third-order valence-electron chi connectivity index (χ3n) is 4.15. The Balaban J connectivity index is 1.65. The number of rotatable bonds is 4. The van der Waals surface area contributed by atoms with Crippen molar-refractivity contribution in [3.8, 4) is 5.69 Å². The number of benzene rings is 2. The van der Waals surface area contributed by atoms with Crippen LogP contribution in [0.1, 0.15) is 17.0 Å². The summed E-state index contributed by atoms with van der Waals surface area (Å²) in [5, 5.41) is 13.7. The molecule has 0 saturated carbocycles. The normalized spacial score (nSPS) is 11.2. The maximum absolute atomic E-state index is 12.3. The highest BCUT2D eigenvalue weighted by atomic mass is 35.5. The number of H-pyrrole nitrogens is 1. The lowest BCUT2D eigenvalue weighted by molar-refractivity contribution is 0.747. The van der Waals surface area contributed by atoms with Crippen LogP contribution in [0.15, 0.2) is 46.3 Å². The molecule has 0 fully saturated rings. The Morgan fingerprint density at radius 2 is 1.96 bits per heavy atom. The van der Waals surface area contributed by atoms with Crippen molar-refractivity contribution in [1.82, 2.24) is 30.2 Å². The summed E-state index contributed by atoms with van der Waals surface area (Å²) >= 11 is 7.41. The lowest BCUT2D eigenvalue weighted by Crippen LogP contribution is -2.11. The Kier molecular flexibility index (Phi) is 4.67. The number of hydrogen-bond acceptors (Lipinski definition) is 6. The van der Waals surface area contributed by atoms with E-state index in [1.54, 1.807) is 22.9 Å². The van der Waals surface area contributed by atoms with Gasteiger partial charge in [0.25, 0.3) is 5.56 Å². The van der Waals surface area contributed by atoms with Gasteiger partial charge in [-0.25, -0.2) is 4.98 Å². The molecule has 2 heterocycles. The first kappa shape index (κ1) is 17.7. The van der Waals surface area contributed by atoms with E-state index in [2.05, 4.69) is 25.5 Å². The van der Waals surface area contributed by atoms with Crippen LogP contribution in [0.5, 0.6) is 0 Å². The quantitative estimate of drug-likeness (QED) is 0.529. The van der Waals surface area contributed by atoms with Crippen LogP contribution in [0.25, 0.3) is 16.6 Å². The fourth-order valence-electron chi connectivity index (χ4n) is 2.91. The van der Waals surface area contributed by atoms with Crippen molar-refractivity contribution in [3.63, 3.8) is 0 Å². The third-order valence-corrected chi connectivity index (χ3v) is 5.31. The molecule has 4 rings (SSSR count). The maximum Gasteiger partial charge on any atom is 0.258 e. The third kappa shape index (κ3) is 3.45. The molecular weight excluding hydrogens is 384 g/mol. The van der Waals surface area contributed by atoms with Gasteiger partial charge in [-0.2, -0.15) is 4.68 Å². The molecule has 0 saturated heterocycles. The number of hydrogen-bond donors (Lipinski definition) is 1. The molecule has 0 aliphatic carbocycles. The highest BCUT2D eigenvalue weighted by Gasteiger charge is 2.14. The molecule has 1 N–H and O–H groups in total. The lowest BCUT2D eigenvalue weighted by atomic mass is 10.1. The zero-order valence-corrected chi connectivity index (χ0v) is 16.2. The van der Waals surface area contributed by atoms with Crippen molar-refractivity contribution in [2.45, 2.75) is 24.8 Å². The number of thioether (sulfide) groups is 1. The molecule has 2 aromatic heterocycles. The molecular formula is C18H15ClN6OS. The molecule has 0 atom stereocenters. The molecule has 9 heteroatoms. The first-order chi connectivity index (χ1) is 13.0. The molecule has 4 aromatic rings. The van der Waals surface area contributed by atoms with Gasteiger partial charge in [-0.3, -0.25) is 4.79 Å². The van der Waals surface area contributed by atoms with Gasteiger partial charge in [-0.15, -0.1) is 5.10 Å². The van der Waals surface area contributed by atoms with Crippen molar-refractivity contribution in [2.24, 2.45) is 0 Å². The van der Waals surface area contributed by atoms with Crippen molar-refractivity contribution in [3.05, 3.63) is 68.7 Å². The van der Waals surface area contributed by atoms with Crippen LogP contribution in [-0.4, -0.2) is 30.2 Å². The number of fused-ring (bicyclic) bond motifs is 1. The van der Waals surface area contributed by atoms with Gasteiger partial charge < -0.3 is 4.98 Å². The second kappa shape index (κ2) is 7.13. The van der Waals surface area contributed by atoms with Crippen LogP contribution in [0, 0.1) is 13.8 Å². The average molecular weight is 399 g/mol. The molecule has 0 bridgehead atoms. The van der Waals surface area contributed by atoms with Gasteiger partial charge in [0.05, 0.1) is 22.3 Å². The monoisotopic (exact) mass is 398 g/mol. The van der Waals surface area contributed by atoms with Gasteiger partial charge in [0.1, 0.15) is 5.82 Å². The summed E-state index contributed by atoms with van der Waals surface area (Å²) in [7, 11) is 0. The summed E-state index contributed by atoms with van der Waals surface area (Å²) in [6.45, 7) is 4.04. The largest absolute Gasteiger partial charge is 0.309 e. The van der Waals surface area contributed by atoms with E-state index in [1.807, 2.05) is 32.0 Å². The van der Waals surface area contributed by atoms with Gasteiger partial charge in [-0.05, 0) is 53.6 Å². The minimum absolute atomic E-state index is 0.193. The topological polar surface area (TPSA) is 89.3 Å². The Morgan fingerprint density at radius 3 is 2.74 bits per heavy atom. The van der Waals surface area contributed by atoms with Gasteiger partial charge in [0.2, 0.25) is 5.16 Å². The van der Waals surface area contributed by atoms with E-state index in [9.17, 15) is 4.79 Å². The molecule has 0 aliphatic rings. The van der Waals surface area contributed by atoms with Crippen LogP contribution in [-0.2, 0) is 5.75 Å². The first-order valence-corrected chi connectivity index (χ1v) is 9.55. The van der Waals surface area contributed by atoms with E-state index in [0.29, 0.717) is 32.7 Å². The molecule has 0 aliphatic heterocycles. The summed E-state index contributed by atoms with van der Waals surface area (Å²) in [5.74, 6) is 0.957. The van der Waals surface area contributed by atoms with Gasteiger partial charge >= 0.3 is 0 Å². The fourth-order valence-corrected chi connectivity index (χ4v) is 3.82. The maximum atomic E-state index is 12.3. The van der Waals surface area contributed by atoms with E-state index in [-0.39, 0.29) is 5.56 Å². The van der Waals surface area contributed by atoms with Gasteiger partial charge in [0.15, 0.2) is 0 Å². The number of para-hydroxylation sites is 1. The van der Waals surface area contributed by atoms with E-state index in [1.165, 1.54) is 11.8 Å². The summed E-state index contributed by atoms with van der Waals surface area (Å²) < 4.78 is 1.71. The van der Waals surface area contributed by atoms with Crippen LogP contribution in [0.4, 0.5) is 0 Å². The van der Waals surface area contributed by atoms with E-state index < -0.39 is 0 Å². The summed E-state index contributed by atoms with van der Waals surface area (Å²) in [6.07, 6.45) is 0. The minimum Gasteiger partial charge on any atom is -0.309 e. The summed E-state index contributed by atoms with van der Waals surface area (Å²) in [5.41, 5.74) is 3.49. The van der Waals surface area contributed by atoms with Crippen LogP contribution >= 0.6 is 23.4 Å². The van der Waals surface area contributed by atoms with Crippen molar-refractivity contribution in [2.75, 3.05) is 0 Å². The predicted molar refractivity (Wildman–Crippen MR) is 106 cm³/mol. The van der Waals surface area contributed by atoms with Gasteiger partial charge in [-0.1, -0.05) is 41.6 Å². The summed E-state index contributed by atoms with van der Waals surface area (Å²) in [6, 6.07) is 11.1. The Labute approximate surface area is 163 Å². The van der Waals surface area contributed by atoms with Crippen molar-refractivity contribution in [1.29, 1.82) is 0 Å². The number of aryl methyl sites for hydroxylation is 2. The smallest absolute Gasteiger partial charge is 0.258 e. The second-order valence-corrected chi connectivity index (χ2v) is 7.46. The second-order valence-electron chi connectivity index (χ2n) is 6.08. The van der Waals surface area contributed by atoms with E-state index in [4.69, 9.17) is 11.6 Å². The predicted octanol–water partition coefficient (Wildman–Crippen LogP) is 3.46. The number of nitrogens with zero attached hydrogens (tertiary/aromatic N) is 5. The lowest BCUT2D eigenvalue weighted by Gasteiger charge is -2.10. The first-order valence-electron chi connectivity index (χ1n) is 8.19. The fraction of sp³-hybridized carbons (Fsp3) is 0.167. The van der Waals surface area contributed by atoms with Crippen LogP contribution < -0.4 is 5.56 Å². The molecule has 0 amide bonds. The number of tetrazole rings is 1. The Bertz CT molecular complexity index is 1180. The SMILES string of the molecule is Cc1cccc(C)c1-n1nnnc1SCc1nc2cc(Cl)ccc2c(=O)[nH]1. The zero-order valence-electron chi connectivity index (χ0n) is 14.6. The standard InChI is InChI=1S/C18H15ClN6OS/c1-10-4-3-5-11(2)16(10)25-18(22-23-24-25)27-9-15-20-14-8-12(19)6-7-13(14)17(26)21-15/h3-8H,9H2,1-2H3,(H,20,21,26). The number of nitrogens with one attached hydrogen (secondary N) is 1. The zero-order chi connectivity index (χ0) is 19.0. The molecule has 7 nitrogen and oxygen atoms in total.